The maximum atomic E-state index is 13.2. The van der Waals surface area contributed by atoms with Crippen molar-refractivity contribution in [2.24, 2.45) is 4.99 Å². The summed E-state index contributed by atoms with van der Waals surface area (Å²) in [5.74, 6) is 0.309. The lowest BCUT2D eigenvalue weighted by Crippen LogP contribution is -2.29. The number of halogens is 1. The Morgan fingerprint density at radius 1 is 1.23 bits per heavy atom. The minimum absolute atomic E-state index is 0.116. The van der Waals surface area contributed by atoms with Gasteiger partial charge in [0.25, 0.3) is 5.91 Å². The molecule has 0 saturated carbocycles. The van der Waals surface area contributed by atoms with E-state index >= 15 is 0 Å². The van der Waals surface area contributed by atoms with Crippen molar-refractivity contribution in [2.45, 2.75) is 20.3 Å². The van der Waals surface area contributed by atoms with E-state index in [-0.39, 0.29) is 5.91 Å². The molecule has 3 rings (SSSR count). The Morgan fingerprint density at radius 3 is 2.73 bits per heavy atom. The van der Waals surface area contributed by atoms with E-state index in [1.165, 1.54) is 24.1 Å². The van der Waals surface area contributed by atoms with Gasteiger partial charge in [-0.15, -0.1) is 0 Å². The van der Waals surface area contributed by atoms with Gasteiger partial charge in [-0.25, -0.2) is 0 Å². The molecule has 0 radical (unpaired) electrons. The molecule has 5 nitrogen and oxygen atoms in total. The fourth-order valence-electron chi connectivity index (χ4n) is 2.81. The highest BCUT2D eigenvalue weighted by molar-refractivity contribution is 8.19. The Bertz CT molecular complexity index is 1050. The van der Waals surface area contributed by atoms with Crippen molar-refractivity contribution < 1.29 is 14.3 Å². The number of benzene rings is 2. The van der Waals surface area contributed by atoms with Crippen molar-refractivity contribution in [3.8, 4) is 5.75 Å². The van der Waals surface area contributed by atoms with E-state index in [2.05, 4.69) is 11.9 Å². The smallest absolute Gasteiger partial charge is 0.271 e. The molecule has 0 N–H and O–H groups in total. The zero-order valence-corrected chi connectivity index (χ0v) is 18.2. The molecule has 154 valence electrons. The van der Waals surface area contributed by atoms with Crippen LogP contribution in [0.3, 0.4) is 0 Å². The van der Waals surface area contributed by atoms with Gasteiger partial charge >= 0.3 is 0 Å². The first kappa shape index (κ1) is 21.9. The van der Waals surface area contributed by atoms with Crippen LogP contribution in [0.2, 0.25) is 5.02 Å². The summed E-state index contributed by atoms with van der Waals surface area (Å²) in [6.07, 6.45) is 5.81. The fraction of sp³-hybridized carbons (Fsp3) is 0.174. The van der Waals surface area contributed by atoms with Crippen LogP contribution in [0.4, 0.5) is 5.69 Å². The predicted molar refractivity (Wildman–Crippen MR) is 124 cm³/mol. The molecule has 1 heterocycles. The number of hydrogen-bond acceptors (Lipinski definition) is 5. The Hall–Kier alpha value is -2.83. The number of ether oxygens (including phenoxy) is 1. The van der Waals surface area contributed by atoms with Gasteiger partial charge in [0.2, 0.25) is 0 Å². The summed E-state index contributed by atoms with van der Waals surface area (Å²) in [7, 11) is 0. The van der Waals surface area contributed by atoms with Crippen molar-refractivity contribution in [1.82, 2.24) is 0 Å². The number of rotatable bonds is 7. The summed E-state index contributed by atoms with van der Waals surface area (Å²) < 4.78 is 5.31. The van der Waals surface area contributed by atoms with Crippen LogP contribution in [0.25, 0.3) is 6.08 Å². The second-order valence-corrected chi connectivity index (χ2v) is 7.89. The van der Waals surface area contributed by atoms with Crippen LogP contribution < -0.4 is 9.64 Å². The van der Waals surface area contributed by atoms with Gasteiger partial charge in [-0.1, -0.05) is 42.8 Å². The molecule has 2 aromatic rings. The number of nitrogens with zero attached hydrogens (tertiary/aromatic N) is 2. The lowest BCUT2D eigenvalue weighted by atomic mass is 10.1. The number of aldehydes is 1. The Morgan fingerprint density at radius 2 is 2.03 bits per heavy atom. The quantitative estimate of drug-likeness (QED) is 0.318. The zero-order chi connectivity index (χ0) is 21.5. The maximum absolute atomic E-state index is 13.2. The Balaban J connectivity index is 1.92. The number of amidine groups is 1. The number of thioether (sulfide) groups is 1. The molecule has 1 aliphatic rings. The fourth-order valence-corrected chi connectivity index (χ4v) is 4.04. The van der Waals surface area contributed by atoms with E-state index in [1.807, 2.05) is 31.2 Å². The lowest BCUT2D eigenvalue weighted by Gasteiger charge is -2.17. The molecule has 1 amide bonds. The second-order valence-electron chi connectivity index (χ2n) is 6.47. The van der Waals surface area contributed by atoms with E-state index in [4.69, 9.17) is 16.3 Å². The number of carbonyl (C=O) groups excluding carboxylic acids is 2. The Labute approximate surface area is 185 Å². The minimum Gasteiger partial charge on any atom is -0.463 e. The molecule has 30 heavy (non-hydrogen) atoms. The molecule has 0 atom stereocenters. The van der Waals surface area contributed by atoms with Crippen LogP contribution in [0.15, 0.2) is 64.7 Å². The molecule has 1 aliphatic heterocycles. The summed E-state index contributed by atoms with van der Waals surface area (Å²) in [6, 6.07) is 13.0. The molecule has 0 bridgehead atoms. The summed E-state index contributed by atoms with van der Waals surface area (Å²) in [5, 5.41) is 1.05. The van der Waals surface area contributed by atoms with Crippen LogP contribution in [0, 0.1) is 6.92 Å². The third kappa shape index (κ3) is 5.01. The maximum Gasteiger partial charge on any atom is 0.271 e. The monoisotopic (exact) mass is 440 g/mol. The van der Waals surface area contributed by atoms with Gasteiger partial charge < -0.3 is 4.74 Å². The predicted octanol–water partition coefficient (Wildman–Crippen LogP) is 5.63. The van der Waals surface area contributed by atoms with E-state index in [0.717, 1.165) is 23.2 Å². The first-order chi connectivity index (χ1) is 14.5. The normalized spacial score (nSPS) is 16.8. The standard InChI is InChI=1S/C23H21ClN2O3S/c1-3-11-25-23-26(19-8-5-4-7-16(19)2)22(28)21(30-23)15-17-9-10-20(18(24)14-17)29-13-6-12-27/h4-10,12-15H,3,11H2,1-2H3/b13-6+,21-15-,25-23?. The van der Waals surface area contributed by atoms with Crippen LogP contribution in [-0.2, 0) is 9.59 Å². The largest absolute Gasteiger partial charge is 0.463 e. The number of carbonyl (C=O) groups is 2. The van der Waals surface area contributed by atoms with Gasteiger partial charge in [-0.2, -0.15) is 0 Å². The number of aliphatic imine (C=N–C) groups is 1. The van der Waals surface area contributed by atoms with Gasteiger partial charge in [0, 0.05) is 12.6 Å². The number of amides is 1. The van der Waals surface area contributed by atoms with Gasteiger partial charge in [-0.05, 0) is 60.5 Å². The highest BCUT2D eigenvalue weighted by Gasteiger charge is 2.35. The average Bonchev–Trinajstić information content (AvgIpc) is 3.03. The molecular weight excluding hydrogens is 420 g/mol. The van der Waals surface area contributed by atoms with Crippen LogP contribution in [-0.4, -0.2) is 23.9 Å². The lowest BCUT2D eigenvalue weighted by molar-refractivity contribution is -0.113. The van der Waals surface area contributed by atoms with Crippen LogP contribution >= 0.6 is 23.4 Å². The zero-order valence-electron chi connectivity index (χ0n) is 16.7. The van der Waals surface area contributed by atoms with Crippen molar-refractivity contribution in [1.29, 1.82) is 0 Å². The van der Waals surface area contributed by atoms with Gasteiger partial charge in [0.15, 0.2) is 5.17 Å². The van der Waals surface area contributed by atoms with Gasteiger partial charge in [-0.3, -0.25) is 19.5 Å². The molecule has 0 aliphatic carbocycles. The van der Waals surface area contributed by atoms with Crippen molar-refractivity contribution in [3.05, 3.63) is 75.9 Å². The molecular formula is C23H21ClN2O3S. The van der Waals surface area contributed by atoms with Crippen molar-refractivity contribution >= 4 is 52.5 Å². The first-order valence-corrected chi connectivity index (χ1v) is 10.6. The van der Waals surface area contributed by atoms with Gasteiger partial charge in [0.1, 0.15) is 12.0 Å². The van der Waals surface area contributed by atoms with E-state index in [9.17, 15) is 9.59 Å². The van der Waals surface area contributed by atoms with Crippen LogP contribution in [0.5, 0.6) is 5.75 Å². The van der Waals surface area contributed by atoms with E-state index < -0.39 is 0 Å². The summed E-state index contributed by atoms with van der Waals surface area (Å²) in [4.78, 5) is 30.4. The highest BCUT2D eigenvalue weighted by atomic mass is 35.5. The molecule has 0 spiro atoms. The number of aryl methyl sites for hydroxylation is 1. The third-order valence-electron chi connectivity index (χ3n) is 4.24. The highest BCUT2D eigenvalue weighted by Crippen LogP contribution is 2.38. The van der Waals surface area contributed by atoms with Crippen molar-refractivity contribution in [2.75, 3.05) is 11.4 Å². The van der Waals surface area contributed by atoms with Crippen LogP contribution in [0.1, 0.15) is 24.5 Å². The molecule has 2 aromatic carbocycles. The minimum atomic E-state index is -0.116. The average molecular weight is 441 g/mol. The summed E-state index contributed by atoms with van der Waals surface area (Å²) >= 11 is 7.63. The summed E-state index contributed by atoms with van der Waals surface area (Å²) in [6.45, 7) is 4.68. The molecule has 7 heteroatoms. The van der Waals surface area contributed by atoms with E-state index in [1.54, 1.807) is 29.2 Å². The first-order valence-electron chi connectivity index (χ1n) is 9.45. The number of allylic oxidation sites excluding steroid dienone is 1. The molecule has 1 saturated heterocycles. The molecule has 1 fully saturated rings. The number of anilines is 1. The summed E-state index contributed by atoms with van der Waals surface area (Å²) in [5.41, 5.74) is 2.60. The third-order valence-corrected chi connectivity index (χ3v) is 5.54. The molecule has 0 unspecified atom stereocenters. The number of hydrogen-bond donors (Lipinski definition) is 0. The SMILES string of the molecule is CCCN=C1S/C(=C\c2ccc(O/C=C/C=O)c(Cl)c2)C(=O)N1c1ccccc1C. The Kier molecular flexibility index (Phi) is 7.49. The molecule has 0 aromatic heterocycles. The second kappa shape index (κ2) is 10.3. The topological polar surface area (TPSA) is 59.0 Å². The van der Waals surface area contributed by atoms with E-state index in [0.29, 0.717) is 33.7 Å². The van der Waals surface area contributed by atoms with Gasteiger partial charge in [0.05, 0.1) is 21.9 Å². The van der Waals surface area contributed by atoms with Crippen molar-refractivity contribution in [3.63, 3.8) is 0 Å². The number of para-hydroxylation sites is 1.